The normalized spacial score (nSPS) is 21.0. The lowest BCUT2D eigenvalue weighted by Crippen LogP contribution is -2.48. The van der Waals surface area contributed by atoms with Crippen LogP contribution in [0, 0.1) is 5.92 Å². The molecule has 0 aromatic heterocycles. The average Bonchev–Trinajstić information content (AvgIpc) is 2.97. The van der Waals surface area contributed by atoms with Gasteiger partial charge in [0.05, 0.1) is 36.0 Å². The predicted octanol–water partition coefficient (Wildman–Crippen LogP) is 5.73. The molecule has 3 amide bonds. The van der Waals surface area contributed by atoms with Crippen LogP contribution >= 0.6 is 0 Å². The van der Waals surface area contributed by atoms with Crippen molar-refractivity contribution < 1.29 is 37.3 Å². The van der Waals surface area contributed by atoms with Gasteiger partial charge in [0.1, 0.15) is 5.75 Å². The summed E-state index contributed by atoms with van der Waals surface area (Å²) < 4.78 is 51.3. The SMILES string of the molecule is C[C@@H]1CN([C@H](C)CO)C(=O)c2cc(N(C)C)ccc2O[C@@H](C)CCCCO[C@@H]1CN(C)C(=O)Nc1ccc(C(F)(F)F)cc1. The zero-order valence-electron chi connectivity index (χ0n) is 26.4. The predicted molar refractivity (Wildman–Crippen MR) is 164 cm³/mol. The number of fused-ring (bicyclic) bond motifs is 1. The molecule has 244 valence electrons. The molecule has 0 saturated heterocycles. The lowest BCUT2D eigenvalue weighted by Gasteiger charge is -2.36. The number of carbonyl (C=O) groups is 2. The van der Waals surface area contributed by atoms with Crippen LogP contribution in [0.15, 0.2) is 42.5 Å². The lowest BCUT2D eigenvalue weighted by atomic mass is 10.0. The summed E-state index contributed by atoms with van der Waals surface area (Å²) in [6.07, 6.45) is -2.74. The molecule has 1 heterocycles. The number of aliphatic hydroxyl groups is 1. The van der Waals surface area contributed by atoms with E-state index in [0.717, 1.165) is 37.1 Å². The second kappa shape index (κ2) is 15.5. The Labute approximate surface area is 257 Å². The molecule has 9 nitrogen and oxygen atoms in total. The third-order valence-corrected chi connectivity index (χ3v) is 7.82. The molecule has 0 fully saturated rings. The van der Waals surface area contributed by atoms with E-state index in [9.17, 15) is 27.9 Å². The lowest BCUT2D eigenvalue weighted by molar-refractivity contribution is -0.137. The number of anilines is 2. The number of carbonyl (C=O) groups excluding carboxylic acids is 2. The number of likely N-dealkylation sites (N-methyl/N-ethyl adjacent to an activating group) is 1. The van der Waals surface area contributed by atoms with Crippen molar-refractivity contribution in [3.8, 4) is 5.75 Å². The average molecular weight is 623 g/mol. The van der Waals surface area contributed by atoms with E-state index in [1.54, 1.807) is 24.9 Å². The van der Waals surface area contributed by atoms with Gasteiger partial charge in [0.25, 0.3) is 5.91 Å². The molecule has 12 heteroatoms. The highest BCUT2D eigenvalue weighted by Gasteiger charge is 2.32. The Kier molecular flexibility index (Phi) is 12.3. The molecule has 1 aliphatic heterocycles. The first-order valence-electron chi connectivity index (χ1n) is 14.9. The van der Waals surface area contributed by atoms with Crippen LogP contribution in [-0.2, 0) is 10.9 Å². The zero-order chi connectivity index (χ0) is 32.6. The van der Waals surface area contributed by atoms with Gasteiger partial charge in [-0.1, -0.05) is 6.92 Å². The second-order valence-electron chi connectivity index (χ2n) is 11.8. The van der Waals surface area contributed by atoms with Crippen LogP contribution in [0.3, 0.4) is 0 Å². The fourth-order valence-corrected chi connectivity index (χ4v) is 4.97. The number of hydrogen-bond acceptors (Lipinski definition) is 6. The summed E-state index contributed by atoms with van der Waals surface area (Å²) in [5.74, 6) is -0.0496. The quantitative estimate of drug-likeness (QED) is 0.428. The Bertz CT molecular complexity index is 1240. The minimum Gasteiger partial charge on any atom is -0.490 e. The highest BCUT2D eigenvalue weighted by atomic mass is 19.4. The van der Waals surface area contributed by atoms with Gasteiger partial charge in [0, 0.05) is 58.1 Å². The van der Waals surface area contributed by atoms with Crippen molar-refractivity contribution >= 4 is 23.3 Å². The van der Waals surface area contributed by atoms with Gasteiger partial charge in [-0.2, -0.15) is 13.2 Å². The van der Waals surface area contributed by atoms with Crippen molar-refractivity contribution in [3.63, 3.8) is 0 Å². The molecule has 2 aromatic carbocycles. The maximum absolute atomic E-state index is 14.1. The molecule has 2 N–H and O–H groups in total. The number of nitrogens with zero attached hydrogens (tertiary/aromatic N) is 3. The Morgan fingerprint density at radius 3 is 2.41 bits per heavy atom. The number of nitrogens with one attached hydrogen (secondary N) is 1. The van der Waals surface area contributed by atoms with Crippen molar-refractivity contribution in [1.29, 1.82) is 0 Å². The number of halogens is 3. The van der Waals surface area contributed by atoms with Gasteiger partial charge in [-0.05, 0) is 75.6 Å². The fraction of sp³-hybridized carbons (Fsp3) is 0.562. The summed E-state index contributed by atoms with van der Waals surface area (Å²) >= 11 is 0. The number of ether oxygens (including phenoxy) is 2. The van der Waals surface area contributed by atoms with E-state index >= 15 is 0 Å². The molecule has 0 aliphatic carbocycles. The number of amides is 3. The van der Waals surface area contributed by atoms with E-state index in [2.05, 4.69) is 5.32 Å². The van der Waals surface area contributed by atoms with E-state index in [4.69, 9.17) is 9.47 Å². The maximum atomic E-state index is 14.1. The first-order chi connectivity index (χ1) is 20.7. The smallest absolute Gasteiger partial charge is 0.416 e. The summed E-state index contributed by atoms with van der Waals surface area (Å²) in [6, 6.07) is 8.74. The first kappa shape index (κ1) is 35.0. The van der Waals surface area contributed by atoms with Crippen LogP contribution in [-0.4, -0.2) is 92.5 Å². The van der Waals surface area contributed by atoms with Gasteiger partial charge in [0.2, 0.25) is 0 Å². The Hall–Kier alpha value is -3.51. The van der Waals surface area contributed by atoms with E-state index in [-0.39, 0.29) is 43.3 Å². The standard InChI is InChI=1S/C32H45F3N4O5/c1-21-18-39(22(2)20-40)30(41)27-17-26(37(4)5)14-15-28(27)44-23(3)9-7-8-16-43-29(21)19-38(6)31(42)36-25-12-10-24(11-13-25)32(33,34)35/h10-15,17,21-23,29,40H,7-9,16,18-20H2,1-6H3,(H,36,42)/t21-,22-,23+,29-/m1/s1. The van der Waals surface area contributed by atoms with Crippen LogP contribution in [0.25, 0.3) is 0 Å². The van der Waals surface area contributed by atoms with Gasteiger partial charge in [-0.25, -0.2) is 4.79 Å². The summed E-state index contributed by atoms with van der Waals surface area (Å²) in [7, 11) is 5.36. The van der Waals surface area contributed by atoms with Crippen LogP contribution < -0.4 is 15.0 Å². The molecule has 0 unspecified atom stereocenters. The van der Waals surface area contributed by atoms with Crippen molar-refractivity contribution in [3.05, 3.63) is 53.6 Å². The number of benzene rings is 2. The van der Waals surface area contributed by atoms with Gasteiger partial charge in [-0.3, -0.25) is 4.79 Å². The topological polar surface area (TPSA) is 94.6 Å². The molecule has 44 heavy (non-hydrogen) atoms. The van der Waals surface area contributed by atoms with Crippen molar-refractivity contribution in [1.82, 2.24) is 9.80 Å². The van der Waals surface area contributed by atoms with Gasteiger partial charge in [-0.15, -0.1) is 0 Å². The van der Waals surface area contributed by atoms with Gasteiger partial charge < -0.3 is 34.6 Å². The number of aliphatic hydroxyl groups excluding tert-OH is 1. The van der Waals surface area contributed by atoms with Crippen molar-refractivity contribution in [2.75, 3.05) is 57.7 Å². The van der Waals surface area contributed by atoms with Gasteiger partial charge >= 0.3 is 12.2 Å². The van der Waals surface area contributed by atoms with Crippen LogP contribution in [0.1, 0.15) is 56.0 Å². The zero-order valence-corrected chi connectivity index (χ0v) is 26.4. The van der Waals surface area contributed by atoms with Crippen molar-refractivity contribution in [2.24, 2.45) is 5.92 Å². The minimum atomic E-state index is -4.47. The third kappa shape index (κ3) is 9.49. The molecule has 0 radical (unpaired) electrons. The summed E-state index contributed by atoms with van der Waals surface area (Å²) in [5.41, 5.74) is 0.665. The molecule has 4 atom stereocenters. The van der Waals surface area contributed by atoms with E-state index < -0.39 is 29.9 Å². The molecule has 0 bridgehead atoms. The molecule has 1 aliphatic rings. The monoisotopic (exact) mass is 622 g/mol. The second-order valence-corrected chi connectivity index (χ2v) is 11.8. The first-order valence-corrected chi connectivity index (χ1v) is 14.9. The highest BCUT2D eigenvalue weighted by Crippen LogP contribution is 2.31. The van der Waals surface area contributed by atoms with Crippen LogP contribution in [0.4, 0.5) is 29.3 Å². The maximum Gasteiger partial charge on any atom is 0.416 e. The Morgan fingerprint density at radius 1 is 1.11 bits per heavy atom. The number of hydrogen-bond donors (Lipinski definition) is 2. The summed E-state index contributed by atoms with van der Waals surface area (Å²) in [6.45, 7) is 6.25. The van der Waals surface area contributed by atoms with Gasteiger partial charge in [0.15, 0.2) is 0 Å². The van der Waals surface area contributed by atoms with Crippen LogP contribution in [0.2, 0.25) is 0 Å². The Morgan fingerprint density at radius 2 is 1.80 bits per heavy atom. The number of urea groups is 1. The molecule has 3 rings (SSSR count). The fourth-order valence-electron chi connectivity index (χ4n) is 4.97. The summed E-state index contributed by atoms with van der Waals surface area (Å²) in [5, 5.41) is 12.7. The van der Waals surface area contributed by atoms with E-state index in [1.807, 2.05) is 45.0 Å². The largest absolute Gasteiger partial charge is 0.490 e. The highest BCUT2D eigenvalue weighted by molar-refractivity contribution is 5.98. The van der Waals surface area contributed by atoms with Crippen molar-refractivity contribution in [2.45, 2.75) is 64.5 Å². The Balaban J connectivity index is 1.84. The molecule has 0 spiro atoms. The molecule has 0 saturated carbocycles. The minimum absolute atomic E-state index is 0.145. The number of alkyl halides is 3. The third-order valence-electron chi connectivity index (χ3n) is 7.82. The van der Waals surface area contributed by atoms with E-state index in [1.165, 1.54) is 17.0 Å². The van der Waals surface area contributed by atoms with E-state index in [0.29, 0.717) is 17.9 Å². The molecular formula is C32H45F3N4O5. The molecular weight excluding hydrogens is 577 g/mol. The van der Waals surface area contributed by atoms with Crippen LogP contribution in [0.5, 0.6) is 5.75 Å². The summed E-state index contributed by atoms with van der Waals surface area (Å²) in [4.78, 5) is 32.0. The molecule has 2 aromatic rings. The number of rotatable bonds is 6.